The van der Waals surface area contributed by atoms with Gasteiger partial charge in [-0.3, -0.25) is 10.1 Å². The van der Waals surface area contributed by atoms with Crippen LogP contribution >= 0.6 is 23.2 Å². The molecule has 1 aliphatic heterocycles. The number of carbonyl (C=O) groups is 2. The fourth-order valence-electron chi connectivity index (χ4n) is 2.24. The Labute approximate surface area is 151 Å². The number of nitro groups is 1. The van der Waals surface area contributed by atoms with Crippen molar-refractivity contribution in [2.75, 3.05) is 32.5 Å². The van der Waals surface area contributed by atoms with Crippen LogP contribution in [0.2, 0.25) is 10.0 Å². The van der Waals surface area contributed by atoms with Crippen molar-refractivity contribution in [1.82, 2.24) is 0 Å². The largest absolute Gasteiger partial charge is 0.466 e. The van der Waals surface area contributed by atoms with E-state index in [4.69, 9.17) is 32.7 Å². The first-order valence-electron chi connectivity index (χ1n) is 6.70. The number of rotatable bonds is 4. The number of carbonyl (C=O) groups excluding carboxylic acids is 2. The average Bonchev–Trinajstić information content (AvgIpc) is 2.59. The molecule has 0 aliphatic carbocycles. The van der Waals surface area contributed by atoms with Crippen molar-refractivity contribution in [3.8, 4) is 0 Å². The van der Waals surface area contributed by atoms with Crippen LogP contribution in [0.25, 0.3) is 0 Å². The molecule has 0 fully saturated rings. The molecule has 25 heavy (non-hydrogen) atoms. The number of ether oxygens (including phenoxy) is 3. The van der Waals surface area contributed by atoms with Gasteiger partial charge in [-0.2, -0.15) is 0 Å². The lowest BCUT2D eigenvalue weighted by atomic mass is 10.1. The topological polar surface area (TPSA) is 108 Å². The SMILES string of the molecule is COC(=O)C1=C(C(=O)OC)N(c2c(Cl)cc([N+](=O)[O-])cc2Cl)COC1. The Hall–Kier alpha value is -2.36. The lowest BCUT2D eigenvalue weighted by Crippen LogP contribution is -2.39. The van der Waals surface area contributed by atoms with E-state index < -0.39 is 16.9 Å². The second kappa shape index (κ2) is 7.68. The van der Waals surface area contributed by atoms with E-state index in [0.29, 0.717) is 0 Å². The molecular weight excluding hydrogens is 379 g/mol. The Morgan fingerprint density at radius 2 is 1.76 bits per heavy atom. The first-order chi connectivity index (χ1) is 11.8. The molecule has 0 saturated heterocycles. The van der Waals surface area contributed by atoms with Gasteiger partial charge in [0.15, 0.2) is 0 Å². The van der Waals surface area contributed by atoms with Gasteiger partial charge in [0.2, 0.25) is 0 Å². The molecule has 1 heterocycles. The highest BCUT2D eigenvalue weighted by Gasteiger charge is 2.34. The lowest BCUT2D eigenvalue weighted by Gasteiger charge is -2.32. The van der Waals surface area contributed by atoms with Gasteiger partial charge in [-0.1, -0.05) is 23.2 Å². The third kappa shape index (κ3) is 3.68. The zero-order chi connectivity index (χ0) is 18.7. The van der Waals surface area contributed by atoms with Crippen LogP contribution in [0.1, 0.15) is 0 Å². The summed E-state index contributed by atoms with van der Waals surface area (Å²) in [5.74, 6) is -1.63. The van der Waals surface area contributed by atoms with Crippen LogP contribution in [0, 0.1) is 10.1 Å². The number of non-ortho nitro benzene ring substituents is 1. The molecule has 1 aliphatic rings. The maximum absolute atomic E-state index is 12.2. The predicted octanol–water partition coefficient (Wildman–Crippen LogP) is 2.30. The minimum absolute atomic E-state index is 0.0652. The minimum Gasteiger partial charge on any atom is -0.466 e. The van der Waals surface area contributed by atoms with Gasteiger partial charge in [0, 0.05) is 12.1 Å². The molecule has 0 N–H and O–H groups in total. The molecule has 0 spiro atoms. The molecule has 1 aromatic rings. The van der Waals surface area contributed by atoms with Crippen molar-refractivity contribution < 1.29 is 28.7 Å². The summed E-state index contributed by atoms with van der Waals surface area (Å²) >= 11 is 12.2. The Bertz CT molecular complexity index is 755. The number of halogens is 2. The first kappa shape index (κ1) is 19.0. The summed E-state index contributed by atoms with van der Waals surface area (Å²) in [7, 11) is 2.28. The Kier molecular flexibility index (Phi) is 5.83. The number of methoxy groups -OCH3 is 2. The first-order valence-corrected chi connectivity index (χ1v) is 7.45. The highest BCUT2D eigenvalue weighted by atomic mass is 35.5. The van der Waals surface area contributed by atoms with Crippen molar-refractivity contribution in [3.05, 3.63) is 43.6 Å². The highest BCUT2D eigenvalue weighted by Crippen LogP contribution is 2.40. The van der Waals surface area contributed by atoms with Gasteiger partial charge in [-0.25, -0.2) is 9.59 Å². The number of nitro benzene ring substituents is 1. The molecule has 11 heteroatoms. The van der Waals surface area contributed by atoms with Gasteiger partial charge in [0.1, 0.15) is 12.4 Å². The smallest absolute Gasteiger partial charge is 0.355 e. The van der Waals surface area contributed by atoms with Crippen LogP contribution < -0.4 is 4.90 Å². The lowest BCUT2D eigenvalue weighted by molar-refractivity contribution is -0.384. The van der Waals surface area contributed by atoms with Crippen molar-refractivity contribution in [1.29, 1.82) is 0 Å². The molecule has 2 rings (SSSR count). The zero-order valence-electron chi connectivity index (χ0n) is 13.1. The highest BCUT2D eigenvalue weighted by molar-refractivity contribution is 6.39. The Balaban J connectivity index is 2.66. The second-order valence-electron chi connectivity index (χ2n) is 4.73. The summed E-state index contributed by atoms with van der Waals surface area (Å²) < 4.78 is 14.6. The maximum atomic E-state index is 12.2. The second-order valence-corrected chi connectivity index (χ2v) is 5.55. The van der Waals surface area contributed by atoms with Crippen molar-refractivity contribution in [3.63, 3.8) is 0 Å². The average molecular weight is 391 g/mol. The van der Waals surface area contributed by atoms with Crippen molar-refractivity contribution >= 4 is 46.5 Å². The van der Waals surface area contributed by atoms with Crippen LogP contribution in [-0.4, -0.2) is 44.4 Å². The zero-order valence-corrected chi connectivity index (χ0v) is 14.6. The van der Waals surface area contributed by atoms with Crippen LogP contribution in [0.3, 0.4) is 0 Å². The van der Waals surface area contributed by atoms with Crippen LogP contribution in [-0.2, 0) is 23.8 Å². The number of esters is 2. The molecule has 9 nitrogen and oxygen atoms in total. The normalized spacial score (nSPS) is 14.3. The summed E-state index contributed by atoms with van der Waals surface area (Å²) in [5.41, 5.74) is -0.520. The quantitative estimate of drug-likeness (QED) is 0.437. The van der Waals surface area contributed by atoms with E-state index >= 15 is 0 Å². The monoisotopic (exact) mass is 390 g/mol. The van der Waals surface area contributed by atoms with E-state index in [0.717, 1.165) is 26.4 Å². The van der Waals surface area contributed by atoms with Crippen LogP contribution in [0.4, 0.5) is 11.4 Å². The number of hydrogen-bond donors (Lipinski definition) is 0. The summed E-state index contributed by atoms with van der Waals surface area (Å²) in [4.78, 5) is 35.6. The van der Waals surface area contributed by atoms with Crippen molar-refractivity contribution in [2.45, 2.75) is 0 Å². The summed E-state index contributed by atoms with van der Waals surface area (Å²) in [5, 5.41) is 10.7. The molecule has 0 aromatic heterocycles. The number of hydrogen-bond acceptors (Lipinski definition) is 8. The molecular formula is C14H12Cl2N2O7. The molecule has 1 aromatic carbocycles. The molecule has 0 saturated carbocycles. The van der Waals surface area contributed by atoms with E-state index in [1.807, 2.05) is 0 Å². The summed E-state index contributed by atoms with van der Waals surface area (Å²) in [6, 6.07) is 2.15. The van der Waals surface area contributed by atoms with Crippen LogP contribution in [0.15, 0.2) is 23.4 Å². The van der Waals surface area contributed by atoms with Gasteiger partial charge in [-0.15, -0.1) is 0 Å². The third-order valence-electron chi connectivity index (χ3n) is 3.32. The minimum atomic E-state index is -0.839. The summed E-state index contributed by atoms with van der Waals surface area (Å²) in [6.45, 7) is -0.363. The Morgan fingerprint density at radius 1 is 1.20 bits per heavy atom. The van der Waals surface area contributed by atoms with Gasteiger partial charge in [0.25, 0.3) is 5.69 Å². The number of anilines is 1. The molecule has 0 amide bonds. The molecule has 0 atom stereocenters. The van der Waals surface area contributed by atoms with E-state index in [9.17, 15) is 19.7 Å². The Morgan fingerprint density at radius 3 is 2.24 bits per heavy atom. The van der Waals surface area contributed by atoms with Crippen LogP contribution in [0.5, 0.6) is 0 Å². The molecule has 0 radical (unpaired) electrons. The maximum Gasteiger partial charge on any atom is 0.355 e. The van der Waals surface area contributed by atoms with E-state index in [1.54, 1.807) is 0 Å². The van der Waals surface area contributed by atoms with Gasteiger partial charge >= 0.3 is 11.9 Å². The predicted molar refractivity (Wildman–Crippen MR) is 87.5 cm³/mol. The summed E-state index contributed by atoms with van der Waals surface area (Å²) in [6.07, 6.45) is 0. The van der Waals surface area contributed by atoms with Gasteiger partial charge in [0.05, 0.1) is 47.1 Å². The van der Waals surface area contributed by atoms with Crippen molar-refractivity contribution in [2.24, 2.45) is 0 Å². The fraction of sp³-hybridized carbons (Fsp3) is 0.286. The fourth-order valence-corrected chi connectivity index (χ4v) is 2.92. The van der Waals surface area contributed by atoms with E-state index in [1.165, 1.54) is 4.90 Å². The van der Waals surface area contributed by atoms with Gasteiger partial charge in [-0.05, 0) is 0 Å². The van der Waals surface area contributed by atoms with E-state index in [-0.39, 0.29) is 46.0 Å². The molecule has 0 bridgehead atoms. The molecule has 134 valence electrons. The molecule has 0 unspecified atom stereocenters. The number of benzene rings is 1. The third-order valence-corrected chi connectivity index (χ3v) is 3.89. The van der Waals surface area contributed by atoms with Gasteiger partial charge < -0.3 is 19.1 Å². The van der Waals surface area contributed by atoms with E-state index in [2.05, 4.69) is 4.74 Å². The number of nitrogens with zero attached hydrogens (tertiary/aromatic N) is 2. The standard InChI is InChI=1S/C14H12Cl2N2O7/c1-23-13(19)8-5-25-6-17(11(8)14(20)24-2)12-9(15)3-7(18(21)22)4-10(12)16/h3-4H,5-6H2,1-2H3.